The molecule has 0 fully saturated rings. The molecule has 6 heteroatoms. The third kappa shape index (κ3) is 4.68. The molecule has 1 N–H and O–H groups in total. The number of aromatic amines is 1. The number of aromatic nitrogens is 1. The number of hydrogen-bond donors (Lipinski definition) is 1. The Balaban J connectivity index is 1.85. The molecule has 0 aliphatic carbocycles. The van der Waals surface area contributed by atoms with E-state index < -0.39 is 5.97 Å². The molecular formula is C16H19NO5. The SMILES string of the molecule is COCCOCCC(=O)OCc1cc2ccccc2[nH]c1=O. The molecule has 0 radical (unpaired) electrons. The smallest absolute Gasteiger partial charge is 0.308 e. The van der Waals surface area contributed by atoms with Crippen molar-refractivity contribution < 1.29 is 19.0 Å². The van der Waals surface area contributed by atoms with E-state index in [9.17, 15) is 9.59 Å². The molecule has 2 aromatic rings. The lowest BCUT2D eigenvalue weighted by Gasteiger charge is -2.06. The van der Waals surface area contributed by atoms with Gasteiger partial charge in [-0.2, -0.15) is 0 Å². The van der Waals surface area contributed by atoms with Crippen molar-refractivity contribution in [2.24, 2.45) is 0 Å². The number of ether oxygens (including phenoxy) is 3. The van der Waals surface area contributed by atoms with Crippen molar-refractivity contribution in [2.45, 2.75) is 13.0 Å². The molecule has 1 aromatic carbocycles. The van der Waals surface area contributed by atoms with E-state index >= 15 is 0 Å². The fourth-order valence-electron chi connectivity index (χ4n) is 1.93. The largest absolute Gasteiger partial charge is 0.461 e. The minimum absolute atomic E-state index is 0.0446. The van der Waals surface area contributed by atoms with E-state index in [0.29, 0.717) is 18.8 Å². The highest BCUT2D eigenvalue weighted by Crippen LogP contribution is 2.10. The van der Waals surface area contributed by atoms with E-state index in [4.69, 9.17) is 14.2 Å². The van der Waals surface area contributed by atoms with Crippen LogP contribution >= 0.6 is 0 Å². The average Bonchev–Trinajstić information content (AvgIpc) is 2.52. The fourth-order valence-corrected chi connectivity index (χ4v) is 1.93. The number of fused-ring (bicyclic) bond motifs is 1. The molecule has 0 amide bonds. The second kappa shape index (κ2) is 8.31. The van der Waals surface area contributed by atoms with Crippen LogP contribution in [0.2, 0.25) is 0 Å². The lowest BCUT2D eigenvalue weighted by Crippen LogP contribution is -2.16. The van der Waals surface area contributed by atoms with Gasteiger partial charge in [0.05, 0.1) is 31.8 Å². The van der Waals surface area contributed by atoms with Gasteiger partial charge in [0.1, 0.15) is 6.61 Å². The van der Waals surface area contributed by atoms with Crippen LogP contribution in [0, 0.1) is 0 Å². The molecule has 0 saturated carbocycles. The van der Waals surface area contributed by atoms with Gasteiger partial charge in [-0.3, -0.25) is 9.59 Å². The molecule has 0 unspecified atom stereocenters. The number of H-pyrrole nitrogens is 1. The van der Waals surface area contributed by atoms with E-state index in [0.717, 1.165) is 10.9 Å². The summed E-state index contributed by atoms with van der Waals surface area (Å²) >= 11 is 0. The number of pyridine rings is 1. The number of carbonyl (C=O) groups is 1. The monoisotopic (exact) mass is 305 g/mol. The maximum absolute atomic E-state index is 11.9. The van der Waals surface area contributed by atoms with Crippen LogP contribution in [0.1, 0.15) is 12.0 Å². The minimum atomic E-state index is -0.398. The minimum Gasteiger partial charge on any atom is -0.461 e. The first-order valence-electron chi connectivity index (χ1n) is 7.04. The normalized spacial score (nSPS) is 10.8. The van der Waals surface area contributed by atoms with Crippen LogP contribution in [0.4, 0.5) is 0 Å². The molecule has 2 rings (SSSR count). The van der Waals surface area contributed by atoms with Crippen molar-refractivity contribution in [1.82, 2.24) is 4.98 Å². The summed E-state index contributed by atoms with van der Waals surface area (Å²) < 4.78 is 15.1. The number of methoxy groups -OCH3 is 1. The summed E-state index contributed by atoms with van der Waals surface area (Å²) in [7, 11) is 1.58. The van der Waals surface area contributed by atoms with Crippen molar-refractivity contribution in [2.75, 3.05) is 26.9 Å². The number of nitrogens with one attached hydrogen (secondary N) is 1. The maximum atomic E-state index is 11.9. The number of esters is 1. The molecule has 0 aliphatic heterocycles. The molecule has 6 nitrogen and oxygen atoms in total. The lowest BCUT2D eigenvalue weighted by atomic mass is 10.1. The van der Waals surface area contributed by atoms with Crippen LogP contribution in [-0.4, -0.2) is 37.9 Å². The van der Waals surface area contributed by atoms with E-state index in [2.05, 4.69) is 4.98 Å². The number of benzene rings is 1. The Morgan fingerprint density at radius 2 is 2.00 bits per heavy atom. The van der Waals surface area contributed by atoms with Crippen molar-refractivity contribution >= 4 is 16.9 Å². The van der Waals surface area contributed by atoms with Crippen LogP contribution in [0.15, 0.2) is 35.1 Å². The second-order valence-electron chi connectivity index (χ2n) is 4.73. The zero-order valence-electron chi connectivity index (χ0n) is 12.5. The molecule has 1 heterocycles. The molecule has 0 atom stereocenters. The summed E-state index contributed by atoms with van der Waals surface area (Å²) in [5, 5.41) is 0.899. The Morgan fingerprint density at radius 1 is 1.18 bits per heavy atom. The topological polar surface area (TPSA) is 77.6 Å². The van der Waals surface area contributed by atoms with E-state index in [1.807, 2.05) is 24.3 Å². The number of hydrogen-bond acceptors (Lipinski definition) is 5. The van der Waals surface area contributed by atoms with E-state index in [-0.39, 0.29) is 25.2 Å². The zero-order valence-corrected chi connectivity index (χ0v) is 12.5. The van der Waals surface area contributed by atoms with Crippen molar-refractivity contribution in [3.05, 3.63) is 46.2 Å². The van der Waals surface area contributed by atoms with Crippen LogP contribution < -0.4 is 5.56 Å². The Kier molecular flexibility index (Phi) is 6.12. The lowest BCUT2D eigenvalue weighted by molar-refractivity contribution is -0.146. The van der Waals surface area contributed by atoms with E-state index in [1.54, 1.807) is 13.2 Å². The maximum Gasteiger partial charge on any atom is 0.308 e. The summed E-state index contributed by atoms with van der Waals surface area (Å²) in [6.07, 6.45) is 0.148. The molecule has 0 aliphatic rings. The Bertz CT molecular complexity index is 680. The molecule has 0 spiro atoms. The van der Waals surface area contributed by atoms with E-state index in [1.165, 1.54) is 0 Å². The number of carbonyl (C=O) groups excluding carboxylic acids is 1. The van der Waals surface area contributed by atoms with Gasteiger partial charge in [0, 0.05) is 12.6 Å². The predicted octanol–water partition coefficient (Wildman–Crippen LogP) is 1.62. The third-order valence-electron chi connectivity index (χ3n) is 3.10. The number of para-hydroxylation sites is 1. The first-order chi connectivity index (χ1) is 10.7. The summed E-state index contributed by atoms with van der Waals surface area (Å²) in [6.45, 7) is 1.16. The van der Waals surface area contributed by atoms with Gasteiger partial charge in [-0.25, -0.2) is 0 Å². The Morgan fingerprint density at radius 3 is 2.82 bits per heavy atom. The highest BCUT2D eigenvalue weighted by Gasteiger charge is 2.07. The highest BCUT2D eigenvalue weighted by molar-refractivity contribution is 5.78. The predicted molar refractivity (Wildman–Crippen MR) is 81.7 cm³/mol. The highest BCUT2D eigenvalue weighted by atomic mass is 16.5. The molecule has 118 valence electrons. The zero-order chi connectivity index (χ0) is 15.8. The quantitative estimate of drug-likeness (QED) is 0.592. The molecule has 0 bridgehead atoms. The van der Waals surface area contributed by atoms with Crippen molar-refractivity contribution in [3.63, 3.8) is 0 Å². The molecule has 0 saturated heterocycles. The van der Waals surface area contributed by atoms with Gasteiger partial charge in [0.15, 0.2) is 0 Å². The van der Waals surface area contributed by atoms with Crippen molar-refractivity contribution in [3.8, 4) is 0 Å². The average molecular weight is 305 g/mol. The van der Waals surface area contributed by atoms with Crippen molar-refractivity contribution in [1.29, 1.82) is 0 Å². The molecule has 1 aromatic heterocycles. The summed E-state index contributed by atoms with van der Waals surface area (Å²) in [5.41, 5.74) is 0.935. The Hall–Kier alpha value is -2.18. The summed E-state index contributed by atoms with van der Waals surface area (Å²) in [5.74, 6) is -0.398. The molecular weight excluding hydrogens is 286 g/mol. The summed E-state index contributed by atoms with van der Waals surface area (Å²) in [6, 6.07) is 9.18. The van der Waals surface area contributed by atoms with Gasteiger partial charge < -0.3 is 19.2 Å². The molecule has 22 heavy (non-hydrogen) atoms. The van der Waals surface area contributed by atoms with Crippen LogP contribution in [0.25, 0.3) is 10.9 Å². The first-order valence-corrected chi connectivity index (χ1v) is 7.04. The van der Waals surface area contributed by atoms with Gasteiger partial charge >= 0.3 is 5.97 Å². The fraction of sp³-hybridized carbons (Fsp3) is 0.375. The van der Waals surface area contributed by atoms with Gasteiger partial charge in [-0.05, 0) is 17.5 Å². The van der Waals surface area contributed by atoms with Gasteiger partial charge in [0.25, 0.3) is 5.56 Å². The Labute approximate surface area is 128 Å². The van der Waals surface area contributed by atoms with Gasteiger partial charge in [-0.15, -0.1) is 0 Å². The van der Waals surface area contributed by atoms with Crippen LogP contribution in [0.3, 0.4) is 0 Å². The van der Waals surface area contributed by atoms with Gasteiger partial charge in [-0.1, -0.05) is 18.2 Å². The third-order valence-corrected chi connectivity index (χ3v) is 3.10. The van der Waals surface area contributed by atoms with Gasteiger partial charge in [0.2, 0.25) is 0 Å². The number of rotatable bonds is 8. The summed E-state index contributed by atoms with van der Waals surface area (Å²) in [4.78, 5) is 26.2. The second-order valence-corrected chi connectivity index (χ2v) is 4.73. The first kappa shape index (κ1) is 16.2. The van der Waals surface area contributed by atoms with Crippen LogP contribution in [0.5, 0.6) is 0 Å². The standard InChI is InChI=1S/C16H19NO5/c1-20-8-9-21-7-6-15(18)22-11-13-10-12-4-2-3-5-14(12)17-16(13)19/h2-5,10H,6-9,11H2,1H3,(H,17,19). The van der Waals surface area contributed by atoms with Crippen LogP contribution in [-0.2, 0) is 25.6 Å².